The van der Waals surface area contributed by atoms with Crippen LogP contribution in [0.15, 0.2) is 23.3 Å². The molecule has 0 radical (unpaired) electrons. The van der Waals surface area contributed by atoms with Crippen molar-refractivity contribution in [2.24, 2.45) is 0 Å². The molecule has 1 aliphatic heterocycles. The van der Waals surface area contributed by atoms with Gasteiger partial charge in [0.1, 0.15) is 11.7 Å². The number of carbonyl (C=O) groups excluding carboxylic acids is 1. The first-order valence-electron chi connectivity index (χ1n) is 4.94. The van der Waals surface area contributed by atoms with E-state index >= 15 is 0 Å². The summed E-state index contributed by atoms with van der Waals surface area (Å²) in [7, 11) is 0. The van der Waals surface area contributed by atoms with Crippen molar-refractivity contribution in [3.8, 4) is 0 Å². The lowest BCUT2D eigenvalue weighted by molar-refractivity contribution is 0.0693. The highest BCUT2D eigenvalue weighted by Gasteiger charge is 2.22. The van der Waals surface area contributed by atoms with Gasteiger partial charge in [0.05, 0.1) is 13.1 Å². The largest absolute Gasteiger partial charge is 0.477 e. The third kappa shape index (κ3) is 2.44. The van der Waals surface area contributed by atoms with Crippen LogP contribution >= 0.6 is 0 Å². The topological polar surface area (TPSA) is 97.6 Å². The Morgan fingerprint density at radius 3 is 2.94 bits per heavy atom. The maximum Gasteiger partial charge on any atom is 0.407 e. The Balaban J connectivity index is 2.17. The fourth-order valence-electron chi connectivity index (χ4n) is 1.57. The van der Waals surface area contributed by atoms with Crippen LogP contribution < -0.4 is 10.7 Å². The van der Waals surface area contributed by atoms with Crippen molar-refractivity contribution in [2.75, 3.05) is 6.54 Å². The predicted molar refractivity (Wildman–Crippen MR) is 55.9 cm³/mol. The van der Waals surface area contributed by atoms with Gasteiger partial charge in [-0.1, -0.05) is 0 Å². The third-order valence-corrected chi connectivity index (χ3v) is 2.37. The molecule has 0 aliphatic carbocycles. The number of hydrogen-bond donors (Lipinski definition) is 2. The lowest BCUT2D eigenvalue weighted by Gasteiger charge is -2.11. The van der Waals surface area contributed by atoms with Crippen LogP contribution in [-0.2, 0) is 11.3 Å². The standard InChI is InChI=1S/C10H10N2O5/c13-8-1-2-12(5-7(8)9(14)15)4-6-3-11-10(16)17-6/h1-2,5-6H,3-4H2,(H,11,16)(H,14,15). The van der Waals surface area contributed by atoms with Crippen molar-refractivity contribution in [1.29, 1.82) is 0 Å². The Bertz CT molecular complexity index is 522. The fraction of sp³-hybridized carbons (Fsp3) is 0.300. The van der Waals surface area contributed by atoms with Gasteiger partial charge >= 0.3 is 12.1 Å². The van der Waals surface area contributed by atoms with Crippen molar-refractivity contribution >= 4 is 12.1 Å². The number of ether oxygens (including phenoxy) is 1. The smallest absolute Gasteiger partial charge is 0.407 e. The molecule has 1 amide bonds. The Morgan fingerprint density at radius 2 is 2.35 bits per heavy atom. The maximum absolute atomic E-state index is 11.2. The molecule has 2 heterocycles. The normalized spacial score (nSPS) is 18.6. The minimum atomic E-state index is -1.27. The molecule has 1 unspecified atom stereocenters. The fourth-order valence-corrected chi connectivity index (χ4v) is 1.57. The number of nitrogens with one attached hydrogen (secondary N) is 1. The molecule has 17 heavy (non-hydrogen) atoms. The van der Waals surface area contributed by atoms with Crippen LogP contribution in [0.1, 0.15) is 10.4 Å². The number of carboxylic acid groups (broad SMARTS) is 1. The zero-order valence-electron chi connectivity index (χ0n) is 8.75. The first-order chi connectivity index (χ1) is 8.06. The summed E-state index contributed by atoms with van der Waals surface area (Å²) in [6, 6.07) is 1.17. The van der Waals surface area contributed by atoms with Crippen molar-refractivity contribution in [2.45, 2.75) is 12.6 Å². The van der Waals surface area contributed by atoms with Crippen LogP contribution in [0, 0.1) is 0 Å². The van der Waals surface area contributed by atoms with Crippen LogP contribution in [0.2, 0.25) is 0 Å². The molecule has 90 valence electrons. The first-order valence-corrected chi connectivity index (χ1v) is 4.94. The molecule has 1 fully saturated rings. The second-order valence-electron chi connectivity index (χ2n) is 3.63. The Hall–Kier alpha value is -2.31. The second-order valence-corrected chi connectivity index (χ2v) is 3.63. The van der Waals surface area contributed by atoms with Crippen molar-refractivity contribution < 1.29 is 19.4 Å². The van der Waals surface area contributed by atoms with Gasteiger partial charge < -0.3 is 19.7 Å². The minimum absolute atomic E-state index is 0.301. The van der Waals surface area contributed by atoms with Crippen LogP contribution in [-0.4, -0.2) is 34.4 Å². The van der Waals surface area contributed by atoms with E-state index in [2.05, 4.69) is 5.32 Å². The number of alkyl carbamates (subject to hydrolysis) is 1. The molecule has 1 aromatic heterocycles. The molecule has 7 nitrogen and oxygen atoms in total. The molecule has 2 rings (SSSR count). The molecule has 1 aliphatic rings. The summed E-state index contributed by atoms with van der Waals surface area (Å²) >= 11 is 0. The molecular formula is C10H10N2O5. The van der Waals surface area contributed by atoms with Gasteiger partial charge in [-0.25, -0.2) is 9.59 Å². The monoisotopic (exact) mass is 238 g/mol. The van der Waals surface area contributed by atoms with E-state index < -0.39 is 17.5 Å². The quantitative estimate of drug-likeness (QED) is 0.750. The summed E-state index contributed by atoms with van der Waals surface area (Å²) < 4.78 is 6.41. The third-order valence-electron chi connectivity index (χ3n) is 2.37. The zero-order chi connectivity index (χ0) is 12.4. The molecule has 1 saturated heterocycles. The number of hydrogen-bond acceptors (Lipinski definition) is 4. The van der Waals surface area contributed by atoms with Gasteiger partial charge in [-0.2, -0.15) is 0 Å². The highest BCUT2D eigenvalue weighted by Crippen LogP contribution is 2.04. The van der Waals surface area contributed by atoms with Crippen molar-refractivity contribution in [3.05, 3.63) is 34.2 Å². The summed E-state index contributed by atoms with van der Waals surface area (Å²) in [5.41, 5.74) is -0.847. The Labute approximate surface area is 95.6 Å². The summed E-state index contributed by atoms with van der Waals surface area (Å²) in [6.07, 6.45) is 1.85. The molecule has 0 aromatic carbocycles. The average Bonchev–Trinajstić information content (AvgIpc) is 2.66. The Kier molecular flexibility index (Phi) is 2.82. The molecule has 1 aromatic rings. The van der Waals surface area contributed by atoms with E-state index in [1.165, 1.54) is 23.0 Å². The number of amides is 1. The molecule has 2 N–H and O–H groups in total. The summed E-state index contributed by atoms with van der Waals surface area (Å²) in [4.78, 5) is 32.7. The van der Waals surface area contributed by atoms with E-state index in [0.717, 1.165) is 0 Å². The number of rotatable bonds is 3. The lowest BCUT2D eigenvalue weighted by Crippen LogP contribution is -2.23. The zero-order valence-corrected chi connectivity index (χ0v) is 8.75. The van der Waals surface area contributed by atoms with Crippen molar-refractivity contribution in [1.82, 2.24) is 9.88 Å². The van der Waals surface area contributed by atoms with Gasteiger partial charge in [-0.15, -0.1) is 0 Å². The predicted octanol–water partition coefficient (Wildman–Crippen LogP) is -0.345. The summed E-state index contributed by atoms with van der Waals surface area (Å²) in [5.74, 6) is -1.27. The van der Waals surface area contributed by atoms with Gasteiger partial charge in [-0.3, -0.25) is 4.79 Å². The molecule has 1 atom stereocenters. The number of pyridine rings is 1. The highest BCUT2D eigenvalue weighted by molar-refractivity contribution is 5.86. The number of aromatic nitrogens is 1. The van der Waals surface area contributed by atoms with E-state index in [1.54, 1.807) is 0 Å². The van der Waals surface area contributed by atoms with Crippen LogP contribution in [0.3, 0.4) is 0 Å². The van der Waals surface area contributed by atoms with Gasteiger partial charge in [0.25, 0.3) is 0 Å². The van der Waals surface area contributed by atoms with E-state index in [4.69, 9.17) is 9.84 Å². The van der Waals surface area contributed by atoms with Crippen LogP contribution in [0.5, 0.6) is 0 Å². The number of aromatic carboxylic acids is 1. The second kappa shape index (κ2) is 4.28. The number of nitrogens with zero attached hydrogens (tertiary/aromatic N) is 1. The molecular weight excluding hydrogens is 228 g/mol. The first kappa shape index (κ1) is 11.2. The maximum atomic E-state index is 11.2. The average molecular weight is 238 g/mol. The van der Waals surface area contributed by atoms with E-state index in [9.17, 15) is 14.4 Å². The van der Waals surface area contributed by atoms with Crippen molar-refractivity contribution in [3.63, 3.8) is 0 Å². The van der Waals surface area contributed by atoms with Crippen LogP contribution in [0.25, 0.3) is 0 Å². The number of cyclic esters (lactones) is 1. The minimum Gasteiger partial charge on any atom is -0.477 e. The van der Waals surface area contributed by atoms with Gasteiger partial charge in [0.2, 0.25) is 0 Å². The molecule has 0 saturated carbocycles. The number of carboxylic acids is 1. The van der Waals surface area contributed by atoms with Gasteiger partial charge in [0.15, 0.2) is 5.43 Å². The lowest BCUT2D eigenvalue weighted by atomic mass is 10.2. The molecule has 7 heteroatoms. The van der Waals surface area contributed by atoms with Crippen LogP contribution in [0.4, 0.5) is 4.79 Å². The van der Waals surface area contributed by atoms with E-state index in [1.807, 2.05) is 0 Å². The highest BCUT2D eigenvalue weighted by atomic mass is 16.6. The van der Waals surface area contributed by atoms with E-state index in [0.29, 0.717) is 13.1 Å². The SMILES string of the molecule is O=C1NCC(Cn2ccc(=O)c(C(=O)O)c2)O1. The molecule has 0 spiro atoms. The summed E-state index contributed by atoms with van der Waals surface area (Å²) in [5, 5.41) is 11.3. The Morgan fingerprint density at radius 1 is 1.59 bits per heavy atom. The van der Waals surface area contributed by atoms with Gasteiger partial charge in [-0.05, 0) is 0 Å². The van der Waals surface area contributed by atoms with E-state index in [-0.39, 0.29) is 11.7 Å². The van der Waals surface area contributed by atoms with Gasteiger partial charge in [0, 0.05) is 18.5 Å². The molecule has 0 bridgehead atoms. The summed E-state index contributed by atoms with van der Waals surface area (Å²) in [6.45, 7) is 0.673. The number of carbonyl (C=O) groups is 2.